The molecule has 156 valence electrons. The summed E-state index contributed by atoms with van der Waals surface area (Å²) >= 11 is 3.45. The molecule has 2 heterocycles. The van der Waals surface area contributed by atoms with Crippen molar-refractivity contribution in [3.63, 3.8) is 0 Å². The Bertz CT molecular complexity index is 987. The SMILES string of the molecule is COc1ccc(C(=O)N/N=C2\C(=O)N(CN3CCOCC3)c3ccc(Br)cc32)cc1. The number of amides is 2. The lowest BCUT2D eigenvalue weighted by molar-refractivity contribution is -0.112. The van der Waals surface area contributed by atoms with Gasteiger partial charge < -0.3 is 9.47 Å². The molecule has 0 atom stereocenters. The number of benzene rings is 2. The lowest BCUT2D eigenvalue weighted by atomic mass is 10.1. The van der Waals surface area contributed by atoms with Crippen molar-refractivity contribution in [1.82, 2.24) is 10.3 Å². The average Bonchev–Trinajstić information content (AvgIpc) is 3.03. The maximum atomic E-state index is 13.1. The molecule has 9 heteroatoms. The molecular weight excluding hydrogens is 452 g/mol. The highest BCUT2D eigenvalue weighted by molar-refractivity contribution is 9.10. The molecule has 0 aromatic heterocycles. The van der Waals surface area contributed by atoms with E-state index < -0.39 is 5.91 Å². The quantitative estimate of drug-likeness (QED) is 0.674. The standard InChI is InChI=1S/C21H21BrN4O4/c1-29-16-5-2-14(3-6-16)20(27)24-23-19-17-12-15(22)4-7-18(17)26(21(19)28)13-25-8-10-30-11-9-25/h2-7,12H,8-11,13H2,1H3,(H,24,27)/b23-19-. The van der Waals surface area contributed by atoms with Crippen molar-refractivity contribution in [2.45, 2.75) is 0 Å². The molecule has 0 saturated carbocycles. The summed E-state index contributed by atoms with van der Waals surface area (Å²) in [7, 11) is 1.56. The van der Waals surface area contributed by atoms with E-state index in [1.165, 1.54) is 0 Å². The van der Waals surface area contributed by atoms with Gasteiger partial charge in [-0.1, -0.05) is 15.9 Å². The molecule has 0 spiro atoms. The molecule has 1 N–H and O–H groups in total. The van der Waals surface area contributed by atoms with E-state index >= 15 is 0 Å². The molecule has 0 aliphatic carbocycles. The number of anilines is 1. The fourth-order valence-electron chi connectivity index (χ4n) is 3.39. The zero-order valence-corrected chi connectivity index (χ0v) is 18.0. The number of hydrogen-bond donors (Lipinski definition) is 1. The number of halogens is 1. The van der Waals surface area contributed by atoms with Crippen LogP contribution in [0.25, 0.3) is 0 Å². The van der Waals surface area contributed by atoms with Gasteiger partial charge in [0.15, 0.2) is 5.71 Å². The van der Waals surface area contributed by atoms with E-state index in [9.17, 15) is 9.59 Å². The van der Waals surface area contributed by atoms with Crippen molar-refractivity contribution >= 4 is 39.1 Å². The minimum atomic E-state index is -0.402. The summed E-state index contributed by atoms with van der Waals surface area (Å²) in [6.07, 6.45) is 0. The molecular formula is C21H21BrN4O4. The highest BCUT2D eigenvalue weighted by atomic mass is 79.9. The Morgan fingerprint density at radius 2 is 1.93 bits per heavy atom. The molecule has 2 aliphatic rings. The first-order valence-corrected chi connectivity index (χ1v) is 10.3. The van der Waals surface area contributed by atoms with Gasteiger partial charge in [0.1, 0.15) is 5.75 Å². The summed E-state index contributed by atoms with van der Waals surface area (Å²) in [6, 6.07) is 12.3. The normalized spacial score (nSPS) is 17.9. The Kier molecular flexibility index (Phi) is 6.12. The average molecular weight is 473 g/mol. The van der Waals surface area contributed by atoms with Crippen molar-refractivity contribution < 1.29 is 19.1 Å². The largest absolute Gasteiger partial charge is 0.497 e. The Morgan fingerprint density at radius 3 is 2.63 bits per heavy atom. The Labute approximate surface area is 182 Å². The van der Waals surface area contributed by atoms with E-state index in [1.807, 2.05) is 18.2 Å². The van der Waals surface area contributed by atoms with Gasteiger partial charge in [0.25, 0.3) is 11.8 Å². The first-order chi connectivity index (χ1) is 14.6. The maximum Gasteiger partial charge on any atom is 0.280 e. The number of fused-ring (bicyclic) bond motifs is 1. The monoisotopic (exact) mass is 472 g/mol. The number of carbonyl (C=O) groups excluding carboxylic acids is 2. The van der Waals surface area contributed by atoms with Gasteiger partial charge in [-0.05, 0) is 42.5 Å². The number of nitrogens with one attached hydrogen (secondary N) is 1. The van der Waals surface area contributed by atoms with Crippen LogP contribution in [0.4, 0.5) is 5.69 Å². The second-order valence-corrected chi connectivity index (χ2v) is 7.81. The number of ether oxygens (including phenoxy) is 2. The van der Waals surface area contributed by atoms with Crippen LogP contribution in [0.3, 0.4) is 0 Å². The van der Waals surface area contributed by atoms with E-state index in [0.29, 0.717) is 36.8 Å². The maximum absolute atomic E-state index is 13.1. The number of hydrogen-bond acceptors (Lipinski definition) is 6. The Hall–Kier alpha value is -2.75. The van der Waals surface area contributed by atoms with Crippen molar-refractivity contribution in [3.8, 4) is 5.75 Å². The molecule has 1 fully saturated rings. The zero-order chi connectivity index (χ0) is 21.1. The summed E-state index contributed by atoms with van der Waals surface area (Å²) in [5.74, 6) is 0.00659. The van der Waals surface area contributed by atoms with Gasteiger partial charge in [-0.2, -0.15) is 5.10 Å². The fourth-order valence-corrected chi connectivity index (χ4v) is 3.75. The van der Waals surface area contributed by atoms with E-state index in [4.69, 9.17) is 9.47 Å². The first-order valence-electron chi connectivity index (χ1n) is 9.51. The third-order valence-corrected chi connectivity index (χ3v) is 5.51. The number of nitrogens with zero attached hydrogens (tertiary/aromatic N) is 3. The first kappa shape index (κ1) is 20.5. The number of morpholine rings is 1. The predicted molar refractivity (Wildman–Crippen MR) is 116 cm³/mol. The molecule has 2 aliphatic heterocycles. The highest BCUT2D eigenvalue weighted by Crippen LogP contribution is 2.32. The van der Waals surface area contributed by atoms with Crippen LogP contribution < -0.4 is 15.1 Å². The van der Waals surface area contributed by atoms with Crippen molar-refractivity contribution in [2.24, 2.45) is 5.10 Å². The van der Waals surface area contributed by atoms with Crippen LogP contribution in [0.5, 0.6) is 5.75 Å². The summed E-state index contributed by atoms with van der Waals surface area (Å²) in [4.78, 5) is 29.4. The van der Waals surface area contributed by atoms with Gasteiger partial charge in [-0.3, -0.25) is 19.4 Å². The van der Waals surface area contributed by atoms with E-state index in [2.05, 4.69) is 31.4 Å². The second-order valence-electron chi connectivity index (χ2n) is 6.90. The van der Waals surface area contributed by atoms with E-state index in [-0.39, 0.29) is 11.6 Å². The smallest absolute Gasteiger partial charge is 0.280 e. The minimum Gasteiger partial charge on any atom is -0.497 e. The van der Waals surface area contributed by atoms with Gasteiger partial charge >= 0.3 is 0 Å². The van der Waals surface area contributed by atoms with Crippen LogP contribution in [0.15, 0.2) is 52.0 Å². The summed E-state index contributed by atoms with van der Waals surface area (Å²) in [5.41, 5.74) is 4.59. The van der Waals surface area contributed by atoms with Crippen LogP contribution >= 0.6 is 15.9 Å². The van der Waals surface area contributed by atoms with Gasteiger partial charge in [0.05, 0.1) is 32.7 Å². The predicted octanol–water partition coefficient (Wildman–Crippen LogP) is 2.23. The molecule has 4 rings (SSSR count). The highest BCUT2D eigenvalue weighted by Gasteiger charge is 2.35. The molecule has 0 unspecified atom stereocenters. The summed E-state index contributed by atoms with van der Waals surface area (Å²) in [6.45, 7) is 3.26. The minimum absolute atomic E-state index is 0.210. The third kappa shape index (κ3) is 4.23. The number of carbonyl (C=O) groups is 2. The van der Waals surface area contributed by atoms with E-state index in [1.54, 1.807) is 36.3 Å². The molecule has 2 aromatic carbocycles. The van der Waals surface area contributed by atoms with Crippen LogP contribution in [0.2, 0.25) is 0 Å². The lowest BCUT2D eigenvalue weighted by Gasteiger charge is -2.30. The molecule has 0 radical (unpaired) electrons. The molecule has 1 saturated heterocycles. The van der Waals surface area contributed by atoms with Crippen LogP contribution in [-0.4, -0.2) is 62.5 Å². The molecule has 30 heavy (non-hydrogen) atoms. The number of rotatable bonds is 5. The van der Waals surface area contributed by atoms with Crippen molar-refractivity contribution in [2.75, 3.05) is 45.0 Å². The fraction of sp³-hybridized carbons (Fsp3) is 0.286. The van der Waals surface area contributed by atoms with E-state index in [0.717, 1.165) is 23.2 Å². The topological polar surface area (TPSA) is 83.5 Å². The van der Waals surface area contributed by atoms with Crippen molar-refractivity contribution in [1.29, 1.82) is 0 Å². The zero-order valence-electron chi connectivity index (χ0n) is 16.4. The summed E-state index contributed by atoms with van der Waals surface area (Å²) < 4.78 is 11.3. The van der Waals surface area contributed by atoms with Crippen LogP contribution in [0, 0.1) is 0 Å². The number of methoxy groups -OCH3 is 1. The Balaban J connectivity index is 1.56. The lowest BCUT2D eigenvalue weighted by Crippen LogP contribution is -2.46. The third-order valence-electron chi connectivity index (χ3n) is 5.02. The second kappa shape index (κ2) is 8.95. The number of hydrazone groups is 1. The molecule has 8 nitrogen and oxygen atoms in total. The van der Waals surface area contributed by atoms with Gasteiger partial charge in [-0.15, -0.1) is 0 Å². The molecule has 2 aromatic rings. The van der Waals surface area contributed by atoms with Gasteiger partial charge in [0, 0.05) is 28.7 Å². The van der Waals surface area contributed by atoms with Crippen LogP contribution in [0.1, 0.15) is 15.9 Å². The molecule has 0 bridgehead atoms. The Morgan fingerprint density at radius 1 is 1.20 bits per heavy atom. The van der Waals surface area contributed by atoms with Crippen molar-refractivity contribution in [3.05, 3.63) is 58.1 Å². The van der Waals surface area contributed by atoms with Gasteiger partial charge in [0.2, 0.25) is 0 Å². The van der Waals surface area contributed by atoms with Gasteiger partial charge in [-0.25, -0.2) is 5.43 Å². The summed E-state index contributed by atoms with van der Waals surface area (Å²) in [5, 5.41) is 4.18. The van der Waals surface area contributed by atoms with Crippen LogP contribution in [-0.2, 0) is 9.53 Å². The molecule has 2 amide bonds.